The minimum atomic E-state index is -4.77. The summed E-state index contributed by atoms with van der Waals surface area (Å²) in [6, 6.07) is 28.4. The van der Waals surface area contributed by atoms with Gasteiger partial charge in [-0.05, 0) is 146 Å². The average Bonchev–Trinajstić information content (AvgIpc) is 3.18. The lowest BCUT2D eigenvalue weighted by Gasteiger charge is -2.12. The van der Waals surface area contributed by atoms with Gasteiger partial charge in [-0.3, -0.25) is 18.9 Å². The van der Waals surface area contributed by atoms with Crippen LogP contribution < -0.4 is 34.5 Å². The maximum Gasteiger partial charge on any atom is 0.261 e. The molecule has 9 N–H and O–H groups in total. The van der Waals surface area contributed by atoms with Gasteiger partial charge in [-0.15, -0.1) is 4.13 Å². The number of sulfonamides is 6. The molecule has 0 atom stereocenters. The molecule has 6 aromatic carbocycles. The van der Waals surface area contributed by atoms with Gasteiger partial charge in [0.05, 0.1) is 29.4 Å². The third kappa shape index (κ3) is 10.8. The number of nitrogen functional groups attached to an aromatic ring is 2. The highest BCUT2D eigenvalue weighted by atomic mass is 32.3. The Balaban J connectivity index is 1.06. The number of rotatable bonds is 16. The predicted molar refractivity (Wildman–Crippen MR) is 228 cm³/mol. The van der Waals surface area contributed by atoms with Crippen LogP contribution in [0.2, 0.25) is 0 Å². The number of hydrogen-bond acceptors (Lipinski definition) is 14. The lowest BCUT2D eigenvalue weighted by molar-refractivity contribution is 0.576. The van der Waals surface area contributed by atoms with Gasteiger partial charge in [0.15, 0.2) is 0 Å². The topological polar surface area (TPSA) is 317 Å². The normalized spacial score (nSPS) is 12.6. The van der Waals surface area contributed by atoms with Crippen LogP contribution in [0.4, 0.5) is 34.1 Å². The first-order chi connectivity index (χ1) is 28.4. The van der Waals surface area contributed by atoms with Crippen molar-refractivity contribution in [3.05, 3.63) is 146 Å². The van der Waals surface area contributed by atoms with Gasteiger partial charge in [0.25, 0.3) is 60.1 Å². The van der Waals surface area contributed by atoms with Crippen molar-refractivity contribution in [1.29, 1.82) is 0 Å². The van der Waals surface area contributed by atoms with Crippen molar-refractivity contribution in [3.63, 3.8) is 0 Å². The van der Waals surface area contributed by atoms with Crippen molar-refractivity contribution in [2.45, 2.75) is 29.4 Å². The standard InChI is InChI=1S/C36H33N7O12S6/c37-25-1-13-31(14-2-25)56(44,45)39-27-5-17-33(18-6-27)58(48,49)41-29-9-21-35(22-10-29)60(52,53)43-61(54,55)36-23-11-30(12-24-36)42-59(50,51)34-19-7-28(8-20-34)40-57(46,47)32-15-3-26(38)4-16-32/h1-24,39-43H,37-38H2. The van der Waals surface area contributed by atoms with Gasteiger partial charge in [-0.1, -0.05) is 0 Å². The van der Waals surface area contributed by atoms with Gasteiger partial charge in [-0.25, -0.2) is 50.5 Å². The van der Waals surface area contributed by atoms with E-state index in [1.165, 1.54) is 72.8 Å². The average molecular weight is 948 g/mol. The van der Waals surface area contributed by atoms with Crippen molar-refractivity contribution in [2.75, 3.05) is 30.4 Å². The Bertz CT molecular complexity index is 3040. The Morgan fingerprint density at radius 1 is 0.246 bits per heavy atom. The second-order valence-electron chi connectivity index (χ2n) is 12.7. The van der Waals surface area contributed by atoms with Crippen molar-refractivity contribution < 1.29 is 50.5 Å². The summed E-state index contributed by atoms with van der Waals surface area (Å²) in [6.07, 6.45) is 0. The highest BCUT2D eigenvalue weighted by Crippen LogP contribution is 2.25. The first-order valence-corrected chi connectivity index (χ1v) is 25.9. The molecule has 0 amide bonds. The van der Waals surface area contributed by atoms with Crippen LogP contribution in [0.1, 0.15) is 0 Å². The summed E-state index contributed by atoms with van der Waals surface area (Å²) in [4.78, 5) is -1.77. The Kier molecular flexibility index (Phi) is 12.1. The largest absolute Gasteiger partial charge is 0.399 e. The maximum atomic E-state index is 13.1. The number of benzene rings is 6. The molecular weight excluding hydrogens is 915 g/mol. The molecule has 0 aliphatic carbocycles. The molecule has 0 aliphatic rings. The lowest BCUT2D eigenvalue weighted by atomic mass is 10.3. The van der Waals surface area contributed by atoms with E-state index >= 15 is 0 Å². The zero-order valence-electron chi connectivity index (χ0n) is 30.9. The number of nitrogens with two attached hydrogens (primary N) is 2. The summed E-state index contributed by atoms with van der Waals surface area (Å²) in [7, 11) is -26.1. The summed E-state index contributed by atoms with van der Waals surface area (Å²) in [5.74, 6) is 0. The van der Waals surface area contributed by atoms with E-state index in [-0.39, 0.29) is 42.3 Å². The number of anilines is 6. The molecule has 6 rings (SSSR count). The first-order valence-electron chi connectivity index (χ1n) is 17.0. The monoisotopic (exact) mass is 947 g/mol. The third-order valence-corrected chi connectivity index (χ3v) is 17.4. The molecule has 0 aliphatic heterocycles. The highest BCUT2D eigenvalue weighted by Gasteiger charge is 2.26. The summed E-state index contributed by atoms with van der Waals surface area (Å²) in [5.41, 5.74) is 11.9. The van der Waals surface area contributed by atoms with Gasteiger partial charge in [0, 0.05) is 34.1 Å². The van der Waals surface area contributed by atoms with E-state index in [1.807, 2.05) is 0 Å². The van der Waals surface area contributed by atoms with Crippen LogP contribution in [0.3, 0.4) is 0 Å². The lowest BCUT2D eigenvalue weighted by Crippen LogP contribution is -2.30. The predicted octanol–water partition coefficient (Wildman–Crippen LogP) is 3.72. The zero-order valence-corrected chi connectivity index (χ0v) is 35.8. The molecular formula is C36H33N7O12S6. The first kappa shape index (κ1) is 44.3. The van der Waals surface area contributed by atoms with Crippen LogP contribution >= 0.6 is 0 Å². The van der Waals surface area contributed by atoms with E-state index in [1.54, 1.807) is 4.13 Å². The molecule has 6 aromatic rings. The smallest absolute Gasteiger partial charge is 0.261 e. The van der Waals surface area contributed by atoms with E-state index in [9.17, 15) is 50.5 Å². The Morgan fingerprint density at radius 2 is 0.410 bits per heavy atom. The fourth-order valence-electron chi connectivity index (χ4n) is 5.20. The Hall–Kier alpha value is -6.22. The molecule has 0 saturated heterocycles. The van der Waals surface area contributed by atoms with E-state index in [0.717, 1.165) is 72.8 Å². The highest BCUT2D eigenvalue weighted by molar-refractivity contribution is 8.04. The summed E-state index contributed by atoms with van der Waals surface area (Å²) >= 11 is 0. The molecule has 0 unspecified atom stereocenters. The fraction of sp³-hybridized carbons (Fsp3) is 0. The molecule has 25 heteroatoms. The second-order valence-corrected chi connectivity index (χ2v) is 23.1. The van der Waals surface area contributed by atoms with E-state index in [4.69, 9.17) is 11.5 Å². The molecule has 0 radical (unpaired) electrons. The SMILES string of the molecule is Nc1ccc(S(=O)(=O)Nc2ccc(S(=O)(=O)Nc3ccc(S(=O)(=O)NS(=O)(=O)c4ccc(NS(=O)(=O)c5ccc(NS(=O)(=O)c6ccc(N)cc6)cc5)cc4)cc3)cc2)cc1. The van der Waals surface area contributed by atoms with E-state index < -0.39 is 69.9 Å². The minimum absolute atomic E-state index is 0.0649. The van der Waals surface area contributed by atoms with Gasteiger partial charge in [0.2, 0.25) is 0 Å². The van der Waals surface area contributed by atoms with Crippen molar-refractivity contribution in [3.8, 4) is 0 Å². The van der Waals surface area contributed by atoms with Crippen molar-refractivity contribution in [2.24, 2.45) is 0 Å². The van der Waals surface area contributed by atoms with Gasteiger partial charge in [-0.2, -0.15) is 0 Å². The van der Waals surface area contributed by atoms with Gasteiger partial charge >= 0.3 is 0 Å². The minimum Gasteiger partial charge on any atom is -0.399 e. The van der Waals surface area contributed by atoms with E-state index in [0.29, 0.717) is 11.4 Å². The molecule has 0 bridgehead atoms. The number of hydrogen-bond donors (Lipinski definition) is 7. The van der Waals surface area contributed by atoms with Crippen molar-refractivity contribution in [1.82, 2.24) is 4.13 Å². The van der Waals surface area contributed by atoms with Gasteiger partial charge in [0.1, 0.15) is 0 Å². The van der Waals surface area contributed by atoms with Gasteiger partial charge < -0.3 is 11.5 Å². The van der Waals surface area contributed by atoms with Crippen LogP contribution in [0, 0.1) is 0 Å². The molecule has 61 heavy (non-hydrogen) atoms. The van der Waals surface area contributed by atoms with Crippen molar-refractivity contribution >= 4 is 94.3 Å². The fourth-order valence-corrected chi connectivity index (χ4v) is 12.3. The molecule has 19 nitrogen and oxygen atoms in total. The molecule has 0 heterocycles. The van der Waals surface area contributed by atoms with Crippen LogP contribution in [0.25, 0.3) is 0 Å². The van der Waals surface area contributed by atoms with Crippen LogP contribution in [-0.2, 0) is 60.1 Å². The Morgan fingerprint density at radius 3 is 0.607 bits per heavy atom. The zero-order chi connectivity index (χ0) is 44.4. The van der Waals surface area contributed by atoms with Crippen LogP contribution in [-0.4, -0.2) is 50.5 Å². The molecule has 320 valence electrons. The van der Waals surface area contributed by atoms with Crippen LogP contribution in [0.15, 0.2) is 175 Å². The summed E-state index contributed by atoms with van der Waals surface area (Å²) < 4.78 is 166. The van der Waals surface area contributed by atoms with Crippen LogP contribution in [0.5, 0.6) is 0 Å². The summed E-state index contributed by atoms with van der Waals surface area (Å²) in [6.45, 7) is 0. The summed E-state index contributed by atoms with van der Waals surface area (Å²) in [5, 5.41) is 0. The second kappa shape index (κ2) is 16.7. The molecule has 0 spiro atoms. The molecule has 0 aromatic heterocycles. The number of nitrogens with one attached hydrogen (secondary N) is 5. The molecule has 0 saturated carbocycles. The quantitative estimate of drug-likeness (QED) is 0.0681. The molecule has 0 fully saturated rings. The maximum absolute atomic E-state index is 13.1. The third-order valence-electron chi connectivity index (χ3n) is 8.27. The van der Waals surface area contributed by atoms with E-state index in [2.05, 4.69) is 18.9 Å². The Labute approximate surface area is 352 Å².